The van der Waals surface area contributed by atoms with Crippen molar-refractivity contribution in [1.29, 1.82) is 0 Å². The Hall–Kier alpha value is -2.14. The van der Waals surface area contributed by atoms with E-state index in [2.05, 4.69) is 4.72 Å². The van der Waals surface area contributed by atoms with Gasteiger partial charge in [-0.2, -0.15) is 0 Å². The molecule has 0 amide bonds. The summed E-state index contributed by atoms with van der Waals surface area (Å²) >= 11 is 6.08. The number of nitrogens with one attached hydrogen (secondary N) is 1. The summed E-state index contributed by atoms with van der Waals surface area (Å²) in [5.74, 6) is 0. The van der Waals surface area contributed by atoms with E-state index in [1.165, 1.54) is 0 Å². The lowest BCUT2D eigenvalue weighted by Crippen LogP contribution is -2.10. The molecular weight excluding hydrogens is 342 g/mol. The van der Waals surface area contributed by atoms with Crippen LogP contribution in [0.25, 0.3) is 0 Å². The third-order valence-corrected chi connectivity index (χ3v) is 4.99. The predicted octanol–water partition coefficient (Wildman–Crippen LogP) is 4.56. The fourth-order valence-electron chi connectivity index (χ4n) is 2.38. The molecule has 2 unspecified atom stereocenters. The zero-order chi connectivity index (χ0) is 16.9. The molecule has 2 N–H and O–H groups in total. The molecule has 0 aliphatic rings. The summed E-state index contributed by atoms with van der Waals surface area (Å²) in [6.07, 6.45) is -0.901. The second-order valence-electron chi connectivity index (χ2n) is 5.23. The Morgan fingerprint density at radius 1 is 0.917 bits per heavy atom. The quantitative estimate of drug-likeness (QED) is 0.703. The average Bonchev–Trinajstić information content (AvgIpc) is 2.62. The minimum absolute atomic E-state index is 0.487. The maximum Gasteiger partial charge on any atom is 0.150 e. The first kappa shape index (κ1) is 16.7. The van der Waals surface area contributed by atoms with Gasteiger partial charge >= 0.3 is 0 Å². The van der Waals surface area contributed by atoms with Crippen LogP contribution < -0.4 is 4.72 Å². The number of hydrogen-bond acceptors (Lipinski definition) is 2. The van der Waals surface area contributed by atoms with Crippen LogP contribution in [0.2, 0.25) is 5.02 Å². The van der Waals surface area contributed by atoms with Gasteiger partial charge in [-0.15, -0.1) is 0 Å². The van der Waals surface area contributed by atoms with E-state index in [0.29, 0.717) is 15.5 Å². The molecule has 3 rings (SSSR count). The van der Waals surface area contributed by atoms with E-state index in [4.69, 9.17) is 11.6 Å². The molecule has 0 bridgehead atoms. The smallest absolute Gasteiger partial charge is 0.150 e. The molecule has 0 saturated carbocycles. The number of rotatable bonds is 5. The van der Waals surface area contributed by atoms with Gasteiger partial charge in [0.15, 0.2) is 11.0 Å². The Morgan fingerprint density at radius 3 is 2.21 bits per heavy atom. The van der Waals surface area contributed by atoms with E-state index in [0.717, 1.165) is 11.3 Å². The second kappa shape index (κ2) is 7.62. The van der Waals surface area contributed by atoms with Gasteiger partial charge in [0, 0.05) is 16.3 Å². The molecule has 3 aromatic carbocycles. The molecule has 0 aliphatic heterocycles. The first-order valence-corrected chi connectivity index (χ1v) is 8.94. The number of aliphatic hydroxyl groups is 1. The Kier molecular flexibility index (Phi) is 5.30. The van der Waals surface area contributed by atoms with Crippen LogP contribution in [0.1, 0.15) is 17.2 Å². The lowest BCUT2D eigenvalue weighted by Gasteiger charge is -2.16. The molecule has 24 heavy (non-hydrogen) atoms. The van der Waals surface area contributed by atoms with E-state index in [1.54, 1.807) is 18.2 Å². The van der Waals surface area contributed by atoms with Crippen LogP contribution in [-0.4, -0.2) is 9.32 Å². The highest BCUT2D eigenvalue weighted by Crippen LogP contribution is 2.30. The van der Waals surface area contributed by atoms with Gasteiger partial charge in [0.1, 0.15) is 6.10 Å². The highest BCUT2D eigenvalue weighted by Gasteiger charge is 2.19. The SMILES string of the molecule is O=S(Nc1ccccc1)c1ccc(Cl)cc1C(O)c1ccccc1. The van der Waals surface area contributed by atoms with E-state index >= 15 is 0 Å². The fourth-order valence-corrected chi connectivity index (χ4v) is 3.60. The van der Waals surface area contributed by atoms with Gasteiger partial charge < -0.3 is 9.83 Å². The van der Waals surface area contributed by atoms with Crippen molar-refractivity contribution in [3.05, 3.63) is 95.0 Å². The lowest BCUT2D eigenvalue weighted by molar-refractivity contribution is 0.217. The fraction of sp³-hybridized carbons (Fsp3) is 0.0526. The number of para-hydroxylation sites is 1. The molecular formula is C19H16ClNO2S. The van der Waals surface area contributed by atoms with Crippen LogP contribution in [-0.2, 0) is 11.0 Å². The van der Waals surface area contributed by atoms with Crippen molar-refractivity contribution in [2.75, 3.05) is 4.72 Å². The van der Waals surface area contributed by atoms with Crippen molar-refractivity contribution in [2.24, 2.45) is 0 Å². The molecule has 0 aliphatic carbocycles. The normalized spacial score (nSPS) is 13.2. The number of aliphatic hydroxyl groups excluding tert-OH is 1. The van der Waals surface area contributed by atoms with Crippen molar-refractivity contribution in [3.8, 4) is 0 Å². The van der Waals surface area contributed by atoms with Crippen molar-refractivity contribution in [1.82, 2.24) is 0 Å². The minimum Gasteiger partial charge on any atom is -0.384 e. The van der Waals surface area contributed by atoms with Crippen LogP contribution in [0.3, 0.4) is 0 Å². The average molecular weight is 358 g/mol. The molecule has 3 nitrogen and oxygen atoms in total. The number of anilines is 1. The van der Waals surface area contributed by atoms with Crippen LogP contribution in [0, 0.1) is 0 Å². The Morgan fingerprint density at radius 2 is 1.54 bits per heavy atom. The monoisotopic (exact) mass is 357 g/mol. The molecule has 0 saturated heterocycles. The summed E-state index contributed by atoms with van der Waals surface area (Å²) in [5.41, 5.74) is 1.99. The molecule has 0 radical (unpaired) electrons. The van der Waals surface area contributed by atoms with Gasteiger partial charge in [-0.1, -0.05) is 60.1 Å². The topological polar surface area (TPSA) is 49.3 Å². The highest BCUT2D eigenvalue weighted by molar-refractivity contribution is 7.86. The molecule has 0 heterocycles. The molecule has 0 aromatic heterocycles. The lowest BCUT2D eigenvalue weighted by atomic mass is 10.0. The zero-order valence-corrected chi connectivity index (χ0v) is 14.3. The molecule has 3 aromatic rings. The predicted molar refractivity (Wildman–Crippen MR) is 98.4 cm³/mol. The van der Waals surface area contributed by atoms with Crippen LogP contribution in [0.15, 0.2) is 83.8 Å². The minimum atomic E-state index is -1.52. The summed E-state index contributed by atoms with van der Waals surface area (Å²) in [6, 6.07) is 23.5. The highest BCUT2D eigenvalue weighted by atomic mass is 35.5. The molecule has 0 spiro atoms. The van der Waals surface area contributed by atoms with E-state index in [1.807, 2.05) is 60.7 Å². The Bertz CT molecular complexity index is 841. The van der Waals surface area contributed by atoms with Crippen LogP contribution in [0.5, 0.6) is 0 Å². The molecule has 0 fully saturated rings. The van der Waals surface area contributed by atoms with Gasteiger partial charge in [-0.05, 0) is 35.9 Å². The molecule has 122 valence electrons. The van der Waals surface area contributed by atoms with Crippen LogP contribution >= 0.6 is 11.6 Å². The van der Waals surface area contributed by atoms with Crippen molar-refractivity contribution < 1.29 is 9.32 Å². The summed E-state index contributed by atoms with van der Waals surface area (Å²) in [7, 11) is -1.52. The maximum atomic E-state index is 12.7. The van der Waals surface area contributed by atoms with Crippen molar-refractivity contribution in [3.63, 3.8) is 0 Å². The van der Waals surface area contributed by atoms with Gasteiger partial charge in [0.05, 0.1) is 4.90 Å². The van der Waals surface area contributed by atoms with E-state index in [-0.39, 0.29) is 0 Å². The molecule has 5 heteroatoms. The largest absolute Gasteiger partial charge is 0.384 e. The standard InChI is InChI=1S/C19H16ClNO2S/c20-15-11-12-18(24(23)21-16-9-5-2-6-10-16)17(13-15)19(22)14-7-3-1-4-8-14/h1-13,19,21-22H. The van der Waals surface area contributed by atoms with Gasteiger partial charge in [-0.25, -0.2) is 4.21 Å². The maximum absolute atomic E-state index is 12.7. The number of benzene rings is 3. The van der Waals surface area contributed by atoms with Gasteiger partial charge in [0.25, 0.3) is 0 Å². The van der Waals surface area contributed by atoms with E-state index in [9.17, 15) is 9.32 Å². The Labute approximate surface area is 148 Å². The summed E-state index contributed by atoms with van der Waals surface area (Å²) < 4.78 is 15.7. The summed E-state index contributed by atoms with van der Waals surface area (Å²) in [6.45, 7) is 0. The van der Waals surface area contributed by atoms with Gasteiger partial charge in [-0.3, -0.25) is 0 Å². The third kappa shape index (κ3) is 3.85. The number of hydrogen-bond donors (Lipinski definition) is 2. The molecule has 2 atom stereocenters. The number of halogens is 1. The Balaban J connectivity index is 1.95. The van der Waals surface area contributed by atoms with Gasteiger partial charge in [0.2, 0.25) is 0 Å². The first-order valence-electron chi connectivity index (χ1n) is 7.41. The third-order valence-electron chi connectivity index (χ3n) is 3.57. The van der Waals surface area contributed by atoms with Crippen molar-refractivity contribution >= 4 is 28.3 Å². The van der Waals surface area contributed by atoms with Crippen LogP contribution in [0.4, 0.5) is 5.69 Å². The van der Waals surface area contributed by atoms with Crippen molar-refractivity contribution in [2.45, 2.75) is 11.0 Å². The zero-order valence-electron chi connectivity index (χ0n) is 12.7. The summed E-state index contributed by atoms with van der Waals surface area (Å²) in [4.78, 5) is 0.500. The summed E-state index contributed by atoms with van der Waals surface area (Å²) in [5, 5.41) is 11.2. The van der Waals surface area contributed by atoms with E-state index < -0.39 is 17.1 Å². The first-order chi connectivity index (χ1) is 11.6. The second-order valence-corrected chi connectivity index (χ2v) is 6.85.